The van der Waals surface area contributed by atoms with Crippen LogP contribution < -0.4 is 5.63 Å². The maximum Gasteiger partial charge on any atom is 0.367 e. The van der Waals surface area contributed by atoms with E-state index < -0.39 is 11.6 Å². The Morgan fingerprint density at radius 3 is 2.60 bits per heavy atom. The zero-order valence-corrected chi connectivity index (χ0v) is 14.5. The van der Waals surface area contributed by atoms with E-state index in [1.807, 2.05) is 6.07 Å². The van der Waals surface area contributed by atoms with E-state index in [-0.39, 0.29) is 21.9 Å². The van der Waals surface area contributed by atoms with Gasteiger partial charge in [0.1, 0.15) is 5.58 Å². The Hall–Kier alpha value is -2.63. The Morgan fingerprint density at radius 1 is 1.08 bits per heavy atom. The number of oxime groups is 1. The van der Waals surface area contributed by atoms with Crippen LogP contribution in [0.2, 0.25) is 10.0 Å². The summed E-state index contributed by atoms with van der Waals surface area (Å²) >= 11 is 11.7. The number of halogens is 2. The minimum absolute atomic E-state index is 0.119. The summed E-state index contributed by atoms with van der Waals surface area (Å²) in [7, 11) is 0. The Kier molecular flexibility index (Phi) is 4.88. The second kappa shape index (κ2) is 7.09. The number of nitrogens with zero attached hydrogens (tertiary/aromatic N) is 1. The third-order valence-corrected chi connectivity index (χ3v) is 4.00. The topological polar surface area (TPSA) is 68.9 Å². The van der Waals surface area contributed by atoms with Crippen LogP contribution in [0.3, 0.4) is 0 Å². The van der Waals surface area contributed by atoms with Gasteiger partial charge in [-0.1, -0.05) is 46.6 Å². The maximum absolute atomic E-state index is 12.1. The quantitative estimate of drug-likeness (QED) is 0.288. The average molecular weight is 376 g/mol. The van der Waals surface area contributed by atoms with Crippen LogP contribution >= 0.6 is 23.2 Å². The molecule has 0 bridgehead atoms. The smallest absolute Gasteiger partial charge is 0.367 e. The van der Waals surface area contributed by atoms with Gasteiger partial charge in [-0.2, -0.15) is 0 Å². The zero-order valence-electron chi connectivity index (χ0n) is 13.0. The average Bonchev–Trinajstić information content (AvgIpc) is 2.58. The van der Waals surface area contributed by atoms with Gasteiger partial charge in [-0.05, 0) is 37.3 Å². The molecule has 1 heterocycles. The Balaban J connectivity index is 1.88. The first kappa shape index (κ1) is 17.2. The van der Waals surface area contributed by atoms with Crippen LogP contribution in [-0.4, -0.2) is 11.7 Å². The van der Waals surface area contributed by atoms with E-state index in [1.165, 1.54) is 25.1 Å². The number of carbonyl (C=O) groups is 1. The number of rotatable bonds is 3. The second-order valence-corrected chi connectivity index (χ2v) is 6.01. The predicted octanol–water partition coefficient (Wildman–Crippen LogP) is 4.68. The molecule has 2 aromatic carbocycles. The van der Waals surface area contributed by atoms with E-state index in [2.05, 4.69) is 5.16 Å². The molecule has 7 heteroatoms. The van der Waals surface area contributed by atoms with Crippen molar-refractivity contribution in [3.63, 3.8) is 0 Å². The molecule has 0 aliphatic heterocycles. The van der Waals surface area contributed by atoms with E-state index in [9.17, 15) is 9.59 Å². The van der Waals surface area contributed by atoms with Crippen LogP contribution in [0.5, 0.6) is 0 Å². The monoisotopic (exact) mass is 375 g/mol. The van der Waals surface area contributed by atoms with Crippen molar-refractivity contribution in [2.24, 2.45) is 5.16 Å². The molecule has 0 atom stereocenters. The minimum Gasteiger partial charge on any atom is -0.422 e. The molecule has 0 fully saturated rings. The van der Waals surface area contributed by atoms with Gasteiger partial charge in [0.05, 0.1) is 21.9 Å². The van der Waals surface area contributed by atoms with Crippen molar-refractivity contribution in [2.45, 2.75) is 6.92 Å². The molecule has 0 aliphatic carbocycles. The molecule has 0 unspecified atom stereocenters. The fourth-order valence-electron chi connectivity index (χ4n) is 2.18. The van der Waals surface area contributed by atoms with E-state index in [0.717, 1.165) is 5.39 Å². The second-order valence-electron chi connectivity index (χ2n) is 5.16. The summed E-state index contributed by atoms with van der Waals surface area (Å²) in [6.45, 7) is 1.54. The summed E-state index contributed by atoms with van der Waals surface area (Å²) in [6, 6.07) is 13.1. The molecule has 1 aromatic heterocycles. The van der Waals surface area contributed by atoms with Gasteiger partial charge >= 0.3 is 11.6 Å². The van der Waals surface area contributed by atoms with E-state index in [1.54, 1.807) is 24.3 Å². The lowest BCUT2D eigenvalue weighted by Gasteiger charge is -2.03. The Labute approximate surface area is 152 Å². The largest absolute Gasteiger partial charge is 0.422 e. The summed E-state index contributed by atoms with van der Waals surface area (Å²) in [5, 5.41) is 5.00. The van der Waals surface area contributed by atoms with Gasteiger partial charge in [0.25, 0.3) is 0 Å². The first-order valence-electron chi connectivity index (χ1n) is 7.20. The molecule has 0 saturated heterocycles. The lowest BCUT2D eigenvalue weighted by atomic mass is 10.1. The van der Waals surface area contributed by atoms with Crippen molar-refractivity contribution in [3.05, 3.63) is 80.1 Å². The summed E-state index contributed by atoms with van der Waals surface area (Å²) < 4.78 is 5.23. The van der Waals surface area contributed by atoms with Crippen LogP contribution in [0.4, 0.5) is 0 Å². The third-order valence-electron chi connectivity index (χ3n) is 3.45. The molecule has 0 N–H and O–H groups in total. The van der Waals surface area contributed by atoms with Crippen molar-refractivity contribution >= 4 is 45.9 Å². The van der Waals surface area contributed by atoms with Gasteiger partial charge in [0, 0.05) is 10.4 Å². The van der Waals surface area contributed by atoms with E-state index in [4.69, 9.17) is 32.5 Å². The molecule has 5 nitrogen and oxygen atoms in total. The molecule has 0 saturated carbocycles. The molecule has 0 spiro atoms. The van der Waals surface area contributed by atoms with E-state index >= 15 is 0 Å². The molecule has 3 aromatic rings. The van der Waals surface area contributed by atoms with Crippen LogP contribution in [0.25, 0.3) is 11.0 Å². The van der Waals surface area contributed by atoms with E-state index in [0.29, 0.717) is 10.6 Å². The van der Waals surface area contributed by atoms with Crippen LogP contribution in [0.1, 0.15) is 22.8 Å². The summed E-state index contributed by atoms with van der Waals surface area (Å²) in [5.74, 6) is -0.758. The van der Waals surface area contributed by atoms with Crippen LogP contribution in [-0.2, 0) is 4.84 Å². The molecular formula is C18H11Cl2NO4. The highest BCUT2D eigenvalue weighted by atomic mass is 35.5. The predicted molar refractivity (Wildman–Crippen MR) is 96.6 cm³/mol. The number of hydrogen-bond acceptors (Lipinski definition) is 5. The minimum atomic E-state index is -0.758. The summed E-state index contributed by atoms with van der Waals surface area (Å²) in [4.78, 5) is 29.0. The number of para-hydroxylation sites is 1. The number of fused-ring (bicyclic) bond motifs is 1. The normalized spacial score (nSPS) is 11.6. The molecule has 0 aliphatic rings. The lowest BCUT2D eigenvalue weighted by Crippen LogP contribution is -2.13. The fourth-order valence-corrected chi connectivity index (χ4v) is 2.66. The summed E-state index contributed by atoms with van der Waals surface area (Å²) in [5.41, 5.74) is 0.425. The van der Waals surface area contributed by atoms with Crippen molar-refractivity contribution in [1.82, 2.24) is 0 Å². The molecule has 0 radical (unpaired) electrons. The maximum atomic E-state index is 12.1. The number of carbonyl (C=O) groups excluding carboxylic acids is 1. The molecule has 3 rings (SSSR count). The Morgan fingerprint density at radius 2 is 1.84 bits per heavy atom. The highest BCUT2D eigenvalue weighted by molar-refractivity contribution is 6.36. The zero-order chi connectivity index (χ0) is 18.0. The van der Waals surface area contributed by atoms with Gasteiger partial charge < -0.3 is 9.25 Å². The van der Waals surface area contributed by atoms with Crippen molar-refractivity contribution < 1.29 is 14.0 Å². The molecular weight excluding hydrogens is 365 g/mol. The van der Waals surface area contributed by atoms with Gasteiger partial charge in [-0.3, -0.25) is 0 Å². The number of benzene rings is 2. The molecule has 0 amide bonds. The lowest BCUT2D eigenvalue weighted by molar-refractivity contribution is 0.0516. The number of hydrogen-bond donors (Lipinski definition) is 0. The van der Waals surface area contributed by atoms with Gasteiger partial charge in [-0.15, -0.1) is 0 Å². The Bertz CT molecular complexity index is 1060. The van der Waals surface area contributed by atoms with Crippen LogP contribution in [0.15, 0.2) is 62.9 Å². The van der Waals surface area contributed by atoms with Crippen molar-refractivity contribution in [1.29, 1.82) is 0 Å². The fraction of sp³-hybridized carbons (Fsp3) is 0.0556. The standard InChI is InChI=1S/C18H11Cl2NO4/c1-10(14-8-11-4-2-3-5-16(11)24-17(14)22)21-25-18(23)13-7-6-12(19)9-15(13)20/h2-9H,1H3/b21-10+. The highest BCUT2D eigenvalue weighted by Gasteiger charge is 2.14. The van der Waals surface area contributed by atoms with Crippen molar-refractivity contribution in [3.8, 4) is 0 Å². The van der Waals surface area contributed by atoms with Gasteiger partial charge in [0.15, 0.2) is 0 Å². The highest BCUT2D eigenvalue weighted by Crippen LogP contribution is 2.21. The first-order chi connectivity index (χ1) is 12.0. The van der Waals surface area contributed by atoms with Gasteiger partial charge in [-0.25, -0.2) is 9.59 Å². The van der Waals surface area contributed by atoms with Crippen LogP contribution in [0, 0.1) is 0 Å². The van der Waals surface area contributed by atoms with Gasteiger partial charge in [0.2, 0.25) is 0 Å². The summed E-state index contributed by atoms with van der Waals surface area (Å²) in [6.07, 6.45) is 0. The third kappa shape index (κ3) is 3.73. The SMILES string of the molecule is C/C(=N\OC(=O)c1ccc(Cl)cc1Cl)c1cc2ccccc2oc1=O. The molecule has 25 heavy (non-hydrogen) atoms. The van der Waals surface area contributed by atoms with Crippen molar-refractivity contribution in [2.75, 3.05) is 0 Å². The molecule has 126 valence electrons. The first-order valence-corrected chi connectivity index (χ1v) is 7.95.